The Balaban J connectivity index is 1.53. The molecule has 1 aromatic carbocycles. The van der Waals surface area contributed by atoms with Gasteiger partial charge < -0.3 is 19.5 Å². The first-order valence-corrected chi connectivity index (χ1v) is 17.0. The van der Waals surface area contributed by atoms with Crippen molar-refractivity contribution in [3.63, 3.8) is 0 Å². The zero-order chi connectivity index (χ0) is 29.3. The minimum Gasteiger partial charge on any atom is -0.748 e. The first kappa shape index (κ1) is 29.6. The van der Waals surface area contributed by atoms with Gasteiger partial charge in [0.2, 0.25) is 5.52 Å². The summed E-state index contributed by atoms with van der Waals surface area (Å²) in [6.07, 6.45) is 5.59. The van der Waals surface area contributed by atoms with Crippen LogP contribution in [-0.4, -0.2) is 45.9 Å². The molecule has 0 amide bonds. The Hall–Kier alpha value is -2.88. The summed E-state index contributed by atoms with van der Waals surface area (Å²) in [5.74, 6) is -0.651. The molecule has 3 aromatic heterocycles. The molecule has 1 aliphatic rings. The van der Waals surface area contributed by atoms with E-state index in [0.29, 0.717) is 28.6 Å². The Morgan fingerprint density at radius 2 is 2.02 bits per heavy atom. The molecule has 5 rings (SSSR count). The minimum atomic E-state index is -4.34. The van der Waals surface area contributed by atoms with Gasteiger partial charge in [0.1, 0.15) is 26.8 Å². The summed E-state index contributed by atoms with van der Waals surface area (Å²) in [6.45, 7) is 2.94. The molecule has 4 heterocycles. The average molecular weight is 653 g/mol. The molecular formula is C26H25ClN4O6S4. The van der Waals surface area contributed by atoms with Gasteiger partial charge in [0.05, 0.1) is 30.7 Å². The Bertz CT molecular complexity index is 1950. The third-order valence-electron chi connectivity index (χ3n) is 6.32. The summed E-state index contributed by atoms with van der Waals surface area (Å²) in [7, 11) is -4.34. The van der Waals surface area contributed by atoms with Crippen molar-refractivity contribution >= 4 is 90.3 Å². The summed E-state index contributed by atoms with van der Waals surface area (Å²) in [5.41, 5.74) is 0.794. The molecular weight excluding hydrogens is 628 g/mol. The van der Waals surface area contributed by atoms with E-state index < -0.39 is 21.8 Å². The fourth-order valence-electron chi connectivity index (χ4n) is 4.50. The van der Waals surface area contributed by atoms with E-state index in [1.807, 2.05) is 52.8 Å². The van der Waals surface area contributed by atoms with Crippen LogP contribution in [0.4, 0.5) is 5.82 Å². The van der Waals surface area contributed by atoms with Crippen LogP contribution in [0, 0.1) is 0 Å². The third kappa shape index (κ3) is 6.63. The largest absolute Gasteiger partial charge is 0.748 e. The quantitative estimate of drug-likeness (QED) is 0.197. The van der Waals surface area contributed by atoms with Crippen LogP contribution in [0.1, 0.15) is 24.8 Å². The lowest BCUT2D eigenvalue weighted by Gasteiger charge is -2.19. The molecule has 2 N–H and O–H groups in total. The zero-order valence-electron chi connectivity index (χ0n) is 21.7. The molecule has 0 atom stereocenters. The van der Waals surface area contributed by atoms with E-state index in [1.54, 1.807) is 16.7 Å². The number of carbonyl (C=O) groups is 1. The summed E-state index contributed by atoms with van der Waals surface area (Å²) in [6, 6.07) is 9.56. The number of H-pyrrole nitrogens is 1. The molecule has 0 saturated heterocycles. The van der Waals surface area contributed by atoms with Gasteiger partial charge >= 0.3 is 5.97 Å². The Kier molecular flexibility index (Phi) is 8.78. The zero-order valence-corrected chi connectivity index (χ0v) is 25.7. The van der Waals surface area contributed by atoms with E-state index in [-0.39, 0.29) is 24.9 Å². The predicted octanol–water partition coefficient (Wildman–Crippen LogP) is 2.89. The standard InChI is InChI=1S/C26H25ClN4O6S4/c1-2-29-22(15-23-30(12-10-24(32)33)16-6-3-4-7-17(16)38-23)39-18(26(29)34)8-9-21-31(11-5-13-41(35,36)37)25-19(40-21)14-20(27)28-25/h3-4,6-9,14-15,28H,2,5,10-13H2,1H3,(H-,32,33,35,36,37)/b18-8+,21-9-. The van der Waals surface area contributed by atoms with Gasteiger partial charge in [-0.2, -0.15) is 4.57 Å². The highest BCUT2D eigenvalue weighted by Gasteiger charge is 2.27. The van der Waals surface area contributed by atoms with Crippen molar-refractivity contribution in [3.8, 4) is 0 Å². The second-order valence-corrected chi connectivity index (χ2v) is 14.2. The Morgan fingerprint density at radius 1 is 1.24 bits per heavy atom. The molecule has 15 heteroatoms. The third-order valence-corrected chi connectivity index (χ3v) is 10.6. The molecule has 0 aliphatic carbocycles. The molecule has 0 unspecified atom stereocenters. The lowest BCUT2D eigenvalue weighted by atomic mass is 10.3. The number of hydrogen-bond acceptors (Lipinski definition) is 9. The van der Waals surface area contributed by atoms with Crippen LogP contribution in [0.2, 0.25) is 5.15 Å². The molecule has 1 aliphatic heterocycles. The van der Waals surface area contributed by atoms with Crippen molar-refractivity contribution in [2.75, 3.05) is 17.2 Å². The van der Waals surface area contributed by atoms with Crippen LogP contribution in [0.3, 0.4) is 0 Å². The van der Waals surface area contributed by atoms with Gasteiger partial charge in [-0.05, 0) is 37.6 Å². The molecule has 0 saturated carbocycles. The van der Waals surface area contributed by atoms with Gasteiger partial charge in [0, 0.05) is 24.9 Å². The van der Waals surface area contributed by atoms with Crippen molar-refractivity contribution in [1.82, 2.24) is 9.55 Å². The number of halogens is 1. The van der Waals surface area contributed by atoms with Crippen molar-refractivity contribution in [2.45, 2.75) is 37.8 Å². The van der Waals surface area contributed by atoms with Gasteiger partial charge in [0.15, 0.2) is 6.54 Å². The first-order valence-electron chi connectivity index (χ1n) is 12.6. The second kappa shape index (κ2) is 12.2. The van der Waals surface area contributed by atoms with Crippen LogP contribution in [0.25, 0.3) is 22.4 Å². The van der Waals surface area contributed by atoms with Crippen molar-refractivity contribution in [1.29, 1.82) is 0 Å². The first-order chi connectivity index (χ1) is 19.5. The van der Waals surface area contributed by atoms with Gasteiger partial charge in [-0.3, -0.25) is 14.2 Å². The summed E-state index contributed by atoms with van der Waals surface area (Å²) < 4.78 is 39.3. The molecule has 10 nitrogen and oxygen atoms in total. The fraction of sp³-hybridized carbons (Fsp3) is 0.269. The number of carboxylic acid groups (broad SMARTS) is 1. The SMILES string of the molecule is CCn1c(=O)/c(=C\C=C2/Sc3cc(Cl)[nH]c3N2CCCS(=O)(=O)[O-])s/c1=C/c1sc2ccccc2[n+]1CCC(=O)O. The number of aromatic amines is 1. The van der Waals surface area contributed by atoms with Gasteiger partial charge in [0.25, 0.3) is 10.6 Å². The highest BCUT2D eigenvalue weighted by atomic mass is 35.5. The van der Waals surface area contributed by atoms with Crippen LogP contribution < -0.4 is 24.2 Å². The minimum absolute atomic E-state index is 0.0218. The van der Waals surface area contributed by atoms with Gasteiger partial charge in [-0.25, -0.2) is 8.42 Å². The van der Waals surface area contributed by atoms with Crippen LogP contribution in [0.5, 0.6) is 0 Å². The van der Waals surface area contributed by atoms with Gasteiger partial charge in [-0.1, -0.05) is 46.8 Å². The number of anilines is 1. The normalized spacial score (nSPS) is 15.5. The number of thioether (sulfide) groups is 1. The maximum Gasteiger partial charge on any atom is 0.309 e. The lowest BCUT2D eigenvalue weighted by Crippen LogP contribution is -2.37. The van der Waals surface area contributed by atoms with Gasteiger partial charge in [-0.15, -0.1) is 11.3 Å². The molecule has 0 radical (unpaired) electrons. The molecule has 4 aromatic rings. The van der Waals surface area contributed by atoms with Crippen molar-refractivity contribution < 1.29 is 27.4 Å². The number of benzene rings is 1. The van der Waals surface area contributed by atoms with E-state index in [1.165, 1.54) is 34.4 Å². The number of aryl methyl sites for hydroxylation is 1. The molecule has 216 valence electrons. The highest BCUT2D eigenvalue weighted by Crippen LogP contribution is 2.46. The van der Waals surface area contributed by atoms with Crippen LogP contribution in [-0.2, 0) is 28.0 Å². The fourth-order valence-corrected chi connectivity index (χ4v) is 8.59. The number of carboxylic acids is 1. The Morgan fingerprint density at radius 3 is 2.76 bits per heavy atom. The monoisotopic (exact) mass is 652 g/mol. The number of fused-ring (bicyclic) bond motifs is 2. The number of aromatic nitrogens is 3. The van der Waals surface area contributed by atoms with E-state index >= 15 is 0 Å². The highest BCUT2D eigenvalue weighted by molar-refractivity contribution is 8.03. The van der Waals surface area contributed by atoms with Crippen molar-refractivity contribution in [2.24, 2.45) is 0 Å². The topological polar surface area (TPSA) is 139 Å². The Labute approximate surface area is 252 Å². The molecule has 0 fully saturated rings. The van der Waals surface area contributed by atoms with E-state index in [9.17, 15) is 27.7 Å². The second-order valence-electron chi connectivity index (χ2n) is 9.07. The molecule has 0 bridgehead atoms. The maximum atomic E-state index is 13.3. The summed E-state index contributed by atoms with van der Waals surface area (Å²) >= 11 is 10.4. The predicted molar refractivity (Wildman–Crippen MR) is 162 cm³/mol. The van der Waals surface area contributed by atoms with E-state index in [2.05, 4.69) is 4.98 Å². The number of rotatable bonds is 10. The number of aliphatic carboxylic acids is 1. The maximum absolute atomic E-state index is 13.3. The number of allylic oxidation sites excluding steroid dienone is 1. The lowest BCUT2D eigenvalue weighted by molar-refractivity contribution is -0.667. The number of nitrogens with zero attached hydrogens (tertiary/aromatic N) is 3. The number of thiazole rings is 2. The van der Waals surface area contributed by atoms with Crippen LogP contribution in [0.15, 0.2) is 51.1 Å². The van der Waals surface area contributed by atoms with Crippen LogP contribution >= 0.6 is 46.0 Å². The van der Waals surface area contributed by atoms with E-state index in [4.69, 9.17) is 11.6 Å². The number of hydrogen-bond donors (Lipinski definition) is 2. The smallest absolute Gasteiger partial charge is 0.309 e. The summed E-state index contributed by atoms with van der Waals surface area (Å²) in [5, 5.41) is 11.3. The summed E-state index contributed by atoms with van der Waals surface area (Å²) in [4.78, 5) is 30.4. The number of nitrogens with one attached hydrogen (secondary N) is 1. The van der Waals surface area contributed by atoms with Crippen molar-refractivity contribution in [3.05, 3.63) is 71.1 Å². The molecule has 0 spiro atoms. The van der Waals surface area contributed by atoms with E-state index in [0.717, 1.165) is 29.8 Å². The average Bonchev–Trinajstić information content (AvgIpc) is 3.61. The number of para-hydroxylation sites is 1. The molecule has 41 heavy (non-hydrogen) atoms.